The van der Waals surface area contributed by atoms with E-state index >= 15 is 0 Å². The highest BCUT2D eigenvalue weighted by Crippen LogP contribution is 2.22. The van der Waals surface area contributed by atoms with Crippen molar-refractivity contribution >= 4 is 5.97 Å². The summed E-state index contributed by atoms with van der Waals surface area (Å²) in [5, 5.41) is 17.2. The van der Waals surface area contributed by atoms with Gasteiger partial charge in [0, 0.05) is 6.20 Å². The lowest BCUT2D eigenvalue weighted by atomic mass is 10.1. The lowest BCUT2D eigenvalue weighted by Gasteiger charge is -2.10. The van der Waals surface area contributed by atoms with Gasteiger partial charge in [0.1, 0.15) is 5.69 Å². The van der Waals surface area contributed by atoms with Crippen molar-refractivity contribution in [3.8, 4) is 11.4 Å². The number of carboxylic acids is 1. The van der Waals surface area contributed by atoms with Crippen LogP contribution in [0.25, 0.3) is 11.4 Å². The van der Waals surface area contributed by atoms with Gasteiger partial charge < -0.3 is 5.11 Å². The van der Waals surface area contributed by atoms with E-state index in [1.54, 1.807) is 23.0 Å². The van der Waals surface area contributed by atoms with E-state index in [0.717, 1.165) is 16.7 Å². The molecule has 1 aromatic carbocycles. The van der Waals surface area contributed by atoms with Gasteiger partial charge >= 0.3 is 5.97 Å². The molecule has 3 rings (SSSR count). The van der Waals surface area contributed by atoms with E-state index in [4.69, 9.17) is 0 Å². The molecule has 0 amide bonds. The Morgan fingerprint density at radius 2 is 2.04 bits per heavy atom. The summed E-state index contributed by atoms with van der Waals surface area (Å²) in [7, 11) is 0. The summed E-state index contributed by atoms with van der Waals surface area (Å²) in [6, 6.07) is 11.5. The number of aryl methyl sites for hydroxylation is 2. The topological polar surface area (TPSA) is 80.9 Å². The summed E-state index contributed by atoms with van der Waals surface area (Å²) < 4.78 is 1.59. The largest absolute Gasteiger partial charge is 0.476 e. The molecule has 6 heteroatoms. The van der Waals surface area contributed by atoms with Crippen LogP contribution in [0.1, 0.15) is 27.2 Å². The van der Waals surface area contributed by atoms with E-state index in [9.17, 15) is 9.90 Å². The molecule has 6 nitrogen and oxygen atoms in total. The van der Waals surface area contributed by atoms with E-state index < -0.39 is 5.97 Å². The van der Waals surface area contributed by atoms with Gasteiger partial charge in [-0.15, -0.1) is 5.10 Å². The normalized spacial score (nSPS) is 10.7. The number of rotatable bonds is 4. The van der Waals surface area contributed by atoms with Gasteiger partial charge in [0.25, 0.3) is 0 Å². The van der Waals surface area contributed by atoms with Crippen molar-refractivity contribution in [1.29, 1.82) is 0 Å². The molecule has 1 N–H and O–H groups in total. The van der Waals surface area contributed by atoms with Crippen LogP contribution in [-0.4, -0.2) is 31.1 Å². The summed E-state index contributed by atoms with van der Waals surface area (Å²) >= 11 is 0. The molecule has 2 heterocycles. The van der Waals surface area contributed by atoms with Crippen molar-refractivity contribution in [2.24, 2.45) is 0 Å². The second-order valence-electron chi connectivity index (χ2n) is 5.39. The zero-order chi connectivity index (χ0) is 16.4. The molecule has 0 radical (unpaired) electrons. The lowest BCUT2D eigenvalue weighted by Crippen LogP contribution is -2.08. The van der Waals surface area contributed by atoms with Gasteiger partial charge in [-0.05, 0) is 37.1 Å². The minimum absolute atomic E-state index is 0.0889. The first-order valence-electron chi connectivity index (χ1n) is 7.20. The smallest absolute Gasteiger partial charge is 0.358 e. The minimum Gasteiger partial charge on any atom is -0.476 e. The van der Waals surface area contributed by atoms with Crippen LogP contribution in [0, 0.1) is 13.8 Å². The third kappa shape index (κ3) is 2.96. The highest BCUT2D eigenvalue weighted by atomic mass is 16.4. The Kier molecular flexibility index (Phi) is 3.89. The number of carboxylic acid groups (broad SMARTS) is 1. The Labute approximate surface area is 133 Å². The van der Waals surface area contributed by atoms with Crippen molar-refractivity contribution in [2.45, 2.75) is 20.4 Å². The summed E-state index contributed by atoms with van der Waals surface area (Å²) in [6.45, 7) is 4.48. The Bertz CT molecular complexity index is 856. The number of carbonyl (C=O) groups is 1. The molecule has 0 spiro atoms. The third-order valence-electron chi connectivity index (χ3n) is 3.67. The lowest BCUT2D eigenvalue weighted by molar-refractivity contribution is 0.0691. The predicted molar refractivity (Wildman–Crippen MR) is 85.2 cm³/mol. The molecule has 3 aromatic rings. The van der Waals surface area contributed by atoms with Gasteiger partial charge in [0.2, 0.25) is 0 Å². The summed E-state index contributed by atoms with van der Waals surface area (Å²) in [6.07, 6.45) is 1.62. The Hall–Kier alpha value is -3.02. The van der Waals surface area contributed by atoms with Crippen LogP contribution in [0.15, 0.2) is 42.6 Å². The van der Waals surface area contributed by atoms with Crippen LogP contribution in [0.2, 0.25) is 0 Å². The van der Waals surface area contributed by atoms with Crippen molar-refractivity contribution < 1.29 is 9.90 Å². The van der Waals surface area contributed by atoms with Crippen molar-refractivity contribution in [3.05, 3.63) is 65.0 Å². The van der Waals surface area contributed by atoms with E-state index in [0.29, 0.717) is 17.9 Å². The SMILES string of the molecule is Cc1ccc(C)c(Cn2nnc(C(=O)O)c2-c2ccccn2)c1. The molecule has 0 saturated heterocycles. The molecule has 116 valence electrons. The number of benzene rings is 1. The van der Waals surface area contributed by atoms with Gasteiger partial charge in [0.15, 0.2) is 5.69 Å². The van der Waals surface area contributed by atoms with Gasteiger partial charge in [-0.2, -0.15) is 0 Å². The predicted octanol–water partition coefficient (Wildman–Crippen LogP) is 2.70. The first-order valence-corrected chi connectivity index (χ1v) is 7.20. The molecule has 0 aliphatic carbocycles. The van der Waals surface area contributed by atoms with Crippen molar-refractivity contribution in [3.63, 3.8) is 0 Å². The molecule has 0 bridgehead atoms. The van der Waals surface area contributed by atoms with Crippen LogP contribution in [-0.2, 0) is 6.54 Å². The molecule has 0 atom stereocenters. The molecular weight excluding hydrogens is 292 g/mol. The standard InChI is InChI=1S/C17H16N4O2/c1-11-6-7-12(2)13(9-11)10-21-16(14-5-3-4-8-18-14)15(17(22)23)19-20-21/h3-9H,10H2,1-2H3,(H,22,23). The third-order valence-corrected chi connectivity index (χ3v) is 3.67. The van der Waals surface area contributed by atoms with Crippen molar-refractivity contribution in [1.82, 2.24) is 20.0 Å². The van der Waals surface area contributed by atoms with Crippen LogP contribution in [0.3, 0.4) is 0 Å². The van der Waals surface area contributed by atoms with Crippen LogP contribution in [0.4, 0.5) is 0 Å². The molecule has 0 aliphatic heterocycles. The Morgan fingerprint density at radius 1 is 1.22 bits per heavy atom. The fraction of sp³-hybridized carbons (Fsp3) is 0.176. The zero-order valence-corrected chi connectivity index (χ0v) is 12.9. The minimum atomic E-state index is -1.11. The van der Waals surface area contributed by atoms with Crippen LogP contribution >= 0.6 is 0 Å². The maximum atomic E-state index is 11.4. The Morgan fingerprint density at radius 3 is 2.74 bits per heavy atom. The number of aromatic carboxylic acids is 1. The molecular formula is C17H16N4O2. The number of pyridine rings is 1. The average Bonchev–Trinajstić information content (AvgIpc) is 2.95. The fourth-order valence-electron chi connectivity index (χ4n) is 2.46. The first kappa shape index (κ1) is 14.9. The average molecular weight is 308 g/mol. The molecule has 0 saturated carbocycles. The number of aromatic nitrogens is 4. The van der Waals surface area contributed by atoms with Gasteiger partial charge in [-0.1, -0.05) is 35.0 Å². The quantitative estimate of drug-likeness (QED) is 0.801. The second-order valence-corrected chi connectivity index (χ2v) is 5.39. The Balaban J connectivity index is 2.10. The highest BCUT2D eigenvalue weighted by molar-refractivity contribution is 5.92. The molecule has 0 unspecified atom stereocenters. The molecule has 2 aromatic heterocycles. The van der Waals surface area contributed by atoms with E-state index in [-0.39, 0.29) is 5.69 Å². The highest BCUT2D eigenvalue weighted by Gasteiger charge is 2.21. The van der Waals surface area contributed by atoms with Gasteiger partial charge in [-0.25, -0.2) is 9.48 Å². The summed E-state index contributed by atoms with van der Waals surface area (Å²) in [4.78, 5) is 15.7. The van der Waals surface area contributed by atoms with Crippen LogP contribution in [0.5, 0.6) is 0 Å². The van der Waals surface area contributed by atoms with Gasteiger partial charge in [0.05, 0.1) is 12.2 Å². The second kappa shape index (κ2) is 6.00. The summed E-state index contributed by atoms with van der Waals surface area (Å²) in [5.74, 6) is -1.11. The number of hydrogen-bond acceptors (Lipinski definition) is 4. The maximum absolute atomic E-state index is 11.4. The fourth-order valence-corrected chi connectivity index (χ4v) is 2.46. The maximum Gasteiger partial charge on any atom is 0.358 e. The first-order chi connectivity index (χ1) is 11.1. The summed E-state index contributed by atoms with van der Waals surface area (Å²) in [5.41, 5.74) is 4.20. The van der Waals surface area contributed by atoms with E-state index in [1.807, 2.05) is 32.0 Å². The van der Waals surface area contributed by atoms with Crippen molar-refractivity contribution in [2.75, 3.05) is 0 Å². The van der Waals surface area contributed by atoms with E-state index in [2.05, 4.69) is 21.4 Å². The van der Waals surface area contributed by atoms with E-state index in [1.165, 1.54) is 0 Å². The van der Waals surface area contributed by atoms with Crippen LogP contribution < -0.4 is 0 Å². The molecule has 23 heavy (non-hydrogen) atoms. The monoisotopic (exact) mass is 308 g/mol. The molecule has 0 aliphatic rings. The number of hydrogen-bond donors (Lipinski definition) is 1. The van der Waals surface area contributed by atoms with Gasteiger partial charge in [-0.3, -0.25) is 4.98 Å². The zero-order valence-electron chi connectivity index (χ0n) is 12.9. The number of nitrogens with zero attached hydrogens (tertiary/aromatic N) is 4. The molecule has 0 fully saturated rings.